The summed E-state index contributed by atoms with van der Waals surface area (Å²) >= 11 is 0.901. The molecule has 1 aliphatic heterocycles. The lowest BCUT2D eigenvalue weighted by molar-refractivity contribution is -0.125. The van der Waals surface area contributed by atoms with E-state index in [1.807, 2.05) is 31.2 Å². The summed E-state index contributed by atoms with van der Waals surface area (Å²) < 4.78 is 10.5. The van der Waals surface area contributed by atoms with Gasteiger partial charge in [0.25, 0.3) is 17.1 Å². The van der Waals surface area contributed by atoms with Crippen LogP contribution in [0.2, 0.25) is 0 Å². The van der Waals surface area contributed by atoms with E-state index < -0.39 is 0 Å². The number of nitrogens with one attached hydrogen (secondary N) is 1. The number of ether oxygens (including phenoxy) is 2. The zero-order valence-electron chi connectivity index (χ0n) is 16.7. The van der Waals surface area contributed by atoms with E-state index in [1.54, 1.807) is 37.5 Å². The molecule has 1 N–H and O–H groups in total. The van der Waals surface area contributed by atoms with Gasteiger partial charge in [0.1, 0.15) is 11.5 Å². The molecule has 0 atom stereocenters. The first-order valence-corrected chi connectivity index (χ1v) is 10.1. The van der Waals surface area contributed by atoms with Crippen LogP contribution in [-0.4, -0.2) is 48.8 Å². The number of nitrogens with zero attached hydrogens (tertiary/aromatic N) is 1. The number of rotatable bonds is 8. The Morgan fingerprint density at radius 3 is 2.40 bits per heavy atom. The lowest BCUT2D eigenvalue weighted by Gasteiger charge is -2.13. The van der Waals surface area contributed by atoms with Crippen molar-refractivity contribution in [3.63, 3.8) is 0 Å². The van der Waals surface area contributed by atoms with Crippen molar-refractivity contribution in [1.82, 2.24) is 10.2 Å². The van der Waals surface area contributed by atoms with Gasteiger partial charge in [-0.3, -0.25) is 19.3 Å². The van der Waals surface area contributed by atoms with E-state index in [4.69, 9.17) is 9.47 Å². The van der Waals surface area contributed by atoms with Crippen LogP contribution in [0.5, 0.6) is 11.5 Å². The third kappa shape index (κ3) is 5.64. The number of imide groups is 1. The number of carbonyl (C=O) groups excluding carboxylic acids is 3. The molecule has 0 radical (unpaired) electrons. The maximum atomic E-state index is 12.5. The highest BCUT2D eigenvalue weighted by Gasteiger charge is 2.34. The second kappa shape index (κ2) is 9.98. The van der Waals surface area contributed by atoms with Crippen LogP contribution in [0.3, 0.4) is 0 Å². The van der Waals surface area contributed by atoms with E-state index in [0.717, 1.165) is 27.8 Å². The maximum Gasteiger partial charge on any atom is 0.293 e. The van der Waals surface area contributed by atoms with Crippen molar-refractivity contribution in [2.75, 3.05) is 26.8 Å². The Bertz CT molecular complexity index is 954. The van der Waals surface area contributed by atoms with E-state index in [1.165, 1.54) is 0 Å². The standard InChI is InChI=1S/C22H22N2O5S/c1-15-3-5-16(6-4-15)13-19-21(26)24(22(27)30-19)12-11-23-20(25)14-29-18-9-7-17(28-2)8-10-18/h3-10,13H,11-12,14H2,1-2H3,(H,23,25). The van der Waals surface area contributed by atoms with Gasteiger partial charge in [0.15, 0.2) is 6.61 Å². The minimum Gasteiger partial charge on any atom is -0.497 e. The van der Waals surface area contributed by atoms with Crippen LogP contribution in [0.4, 0.5) is 4.79 Å². The molecule has 1 heterocycles. The van der Waals surface area contributed by atoms with Gasteiger partial charge in [-0.25, -0.2) is 0 Å². The largest absolute Gasteiger partial charge is 0.497 e. The van der Waals surface area contributed by atoms with Gasteiger partial charge in [-0.05, 0) is 54.6 Å². The third-order valence-electron chi connectivity index (χ3n) is 4.34. The average molecular weight is 426 g/mol. The molecule has 7 nitrogen and oxygen atoms in total. The van der Waals surface area contributed by atoms with Crippen molar-refractivity contribution in [2.24, 2.45) is 0 Å². The Kier molecular flexibility index (Phi) is 7.13. The van der Waals surface area contributed by atoms with Crippen LogP contribution >= 0.6 is 11.8 Å². The summed E-state index contributed by atoms with van der Waals surface area (Å²) in [6.07, 6.45) is 1.70. The predicted octanol–water partition coefficient (Wildman–Crippen LogP) is 3.24. The number of hydrogen-bond donors (Lipinski definition) is 1. The fraction of sp³-hybridized carbons (Fsp3) is 0.227. The number of thioether (sulfide) groups is 1. The van der Waals surface area contributed by atoms with Crippen molar-refractivity contribution in [3.05, 3.63) is 64.6 Å². The molecule has 0 aliphatic carbocycles. The Balaban J connectivity index is 1.45. The smallest absolute Gasteiger partial charge is 0.293 e. The molecule has 1 saturated heterocycles. The minimum atomic E-state index is -0.352. The second-order valence-electron chi connectivity index (χ2n) is 6.56. The van der Waals surface area contributed by atoms with Gasteiger partial charge in [0.2, 0.25) is 0 Å². The molecule has 0 aromatic heterocycles. The molecular formula is C22H22N2O5S. The zero-order valence-corrected chi connectivity index (χ0v) is 17.5. The van der Waals surface area contributed by atoms with Crippen LogP contribution in [0.15, 0.2) is 53.4 Å². The van der Waals surface area contributed by atoms with E-state index in [0.29, 0.717) is 16.4 Å². The first-order chi connectivity index (χ1) is 14.5. The van der Waals surface area contributed by atoms with Crippen LogP contribution < -0.4 is 14.8 Å². The Labute approximate surface area is 179 Å². The Hall–Kier alpha value is -3.26. The molecule has 0 bridgehead atoms. The molecule has 0 unspecified atom stereocenters. The zero-order chi connectivity index (χ0) is 21.5. The van der Waals surface area contributed by atoms with Crippen molar-refractivity contribution < 1.29 is 23.9 Å². The highest BCUT2D eigenvalue weighted by atomic mass is 32.2. The van der Waals surface area contributed by atoms with Gasteiger partial charge in [0, 0.05) is 13.1 Å². The lowest BCUT2D eigenvalue weighted by atomic mass is 10.1. The fourth-order valence-electron chi connectivity index (χ4n) is 2.69. The molecule has 1 fully saturated rings. The Morgan fingerprint density at radius 2 is 1.73 bits per heavy atom. The monoisotopic (exact) mass is 426 g/mol. The van der Waals surface area contributed by atoms with E-state index >= 15 is 0 Å². The van der Waals surface area contributed by atoms with E-state index in [2.05, 4.69) is 5.32 Å². The van der Waals surface area contributed by atoms with Gasteiger partial charge < -0.3 is 14.8 Å². The molecule has 3 rings (SSSR count). The summed E-state index contributed by atoms with van der Waals surface area (Å²) in [4.78, 5) is 38.1. The highest BCUT2D eigenvalue weighted by Crippen LogP contribution is 2.31. The topological polar surface area (TPSA) is 84.9 Å². The molecule has 0 spiro atoms. The molecule has 30 heavy (non-hydrogen) atoms. The van der Waals surface area contributed by atoms with Gasteiger partial charge in [-0.2, -0.15) is 0 Å². The molecule has 0 saturated carbocycles. The van der Waals surface area contributed by atoms with Crippen molar-refractivity contribution in [1.29, 1.82) is 0 Å². The summed E-state index contributed by atoms with van der Waals surface area (Å²) in [5.74, 6) is 0.542. The lowest BCUT2D eigenvalue weighted by Crippen LogP contribution is -2.38. The maximum absolute atomic E-state index is 12.5. The molecule has 2 aromatic carbocycles. The number of aryl methyl sites for hydroxylation is 1. The minimum absolute atomic E-state index is 0.101. The first kappa shape index (κ1) is 21.4. The third-order valence-corrected chi connectivity index (χ3v) is 5.24. The highest BCUT2D eigenvalue weighted by molar-refractivity contribution is 8.18. The number of benzene rings is 2. The SMILES string of the molecule is COc1ccc(OCC(=O)NCCN2C(=O)SC(=Cc3ccc(C)cc3)C2=O)cc1. The van der Waals surface area contributed by atoms with Crippen LogP contribution in [-0.2, 0) is 9.59 Å². The van der Waals surface area contributed by atoms with Crippen molar-refractivity contribution in [2.45, 2.75) is 6.92 Å². The summed E-state index contributed by atoms with van der Waals surface area (Å²) in [6.45, 7) is 2.07. The fourth-order valence-corrected chi connectivity index (χ4v) is 3.55. The first-order valence-electron chi connectivity index (χ1n) is 9.32. The second-order valence-corrected chi connectivity index (χ2v) is 7.55. The number of amides is 3. The molecule has 3 amide bonds. The summed E-state index contributed by atoms with van der Waals surface area (Å²) in [5.41, 5.74) is 1.97. The van der Waals surface area contributed by atoms with Gasteiger partial charge in [0.05, 0.1) is 12.0 Å². The quantitative estimate of drug-likeness (QED) is 0.653. The normalized spacial score (nSPS) is 14.9. The predicted molar refractivity (Wildman–Crippen MR) is 115 cm³/mol. The summed E-state index contributed by atoms with van der Waals surface area (Å²) in [5, 5.41) is 2.31. The van der Waals surface area contributed by atoms with Gasteiger partial charge >= 0.3 is 0 Å². The van der Waals surface area contributed by atoms with Crippen LogP contribution in [0.25, 0.3) is 6.08 Å². The Morgan fingerprint density at radius 1 is 1.07 bits per heavy atom. The number of carbonyl (C=O) groups is 3. The van der Waals surface area contributed by atoms with Gasteiger partial charge in [-0.15, -0.1) is 0 Å². The van der Waals surface area contributed by atoms with Crippen LogP contribution in [0, 0.1) is 6.92 Å². The molecule has 2 aromatic rings. The van der Waals surface area contributed by atoms with E-state index in [-0.39, 0.29) is 36.7 Å². The van der Waals surface area contributed by atoms with Crippen molar-refractivity contribution in [3.8, 4) is 11.5 Å². The average Bonchev–Trinajstić information content (AvgIpc) is 3.01. The van der Waals surface area contributed by atoms with Gasteiger partial charge in [-0.1, -0.05) is 29.8 Å². The molecule has 8 heteroatoms. The summed E-state index contributed by atoms with van der Waals surface area (Å²) in [6, 6.07) is 14.5. The molecule has 1 aliphatic rings. The molecule has 156 valence electrons. The van der Waals surface area contributed by atoms with Crippen LogP contribution in [0.1, 0.15) is 11.1 Å². The van der Waals surface area contributed by atoms with E-state index in [9.17, 15) is 14.4 Å². The molecular weight excluding hydrogens is 404 g/mol. The number of methoxy groups -OCH3 is 1. The number of hydrogen-bond acceptors (Lipinski definition) is 6. The summed E-state index contributed by atoms with van der Waals surface area (Å²) in [7, 11) is 1.57. The van der Waals surface area contributed by atoms with Crippen molar-refractivity contribution >= 4 is 34.9 Å².